The number of carbonyl (C=O) groups is 2. The molecule has 1 aromatic carbocycles. The number of hydrogen-bond acceptors (Lipinski definition) is 4. The molecule has 7 nitrogen and oxygen atoms in total. The summed E-state index contributed by atoms with van der Waals surface area (Å²) < 4.78 is 1.70. The largest absolute Gasteiger partial charge is 0.326 e. The molecule has 0 saturated carbocycles. The highest BCUT2D eigenvalue weighted by Crippen LogP contribution is 2.16. The van der Waals surface area contributed by atoms with E-state index in [0.29, 0.717) is 22.7 Å². The third kappa shape index (κ3) is 3.24. The van der Waals surface area contributed by atoms with E-state index in [-0.39, 0.29) is 11.8 Å². The maximum Gasteiger partial charge on any atom is 0.274 e. The van der Waals surface area contributed by atoms with Crippen molar-refractivity contribution >= 4 is 28.8 Å². The maximum absolute atomic E-state index is 12.5. The molecular weight excluding hydrogens is 306 g/mol. The molecule has 0 unspecified atom stereocenters. The van der Waals surface area contributed by atoms with E-state index < -0.39 is 0 Å². The molecule has 122 valence electrons. The van der Waals surface area contributed by atoms with Crippen molar-refractivity contribution in [1.82, 2.24) is 14.6 Å². The number of rotatable bonds is 3. The van der Waals surface area contributed by atoms with Crippen LogP contribution in [0, 0.1) is 13.8 Å². The van der Waals surface area contributed by atoms with E-state index in [9.17, 15) is 9.59 Å². The predicted octanol–water partition coefficient (Wildman–Crippen LogP) is 2.56. The molecule has 0 fully saturated rings. The molecule has 0 aliphatic carbocycles. The van der Waals surface area contributed by atoms with Gasteiger partial charge in [-0.25, -0.2) is 9.50 Å². The van der Waals surface area contributed by atoms with Gasteiger partial charge < -0.3 is 10.6 Å². The fraction of sp³-hybridized carbons (Fsp3) is 0.176. The molecule has 0 bridgehead atoms. The van der Waals surface area contributed by atoms with E-state index in [1.54, 1.807) is 34.8 Å². The first-order valence-electron chi connectivity index (χ1n) is 7.45. The van der Waals surface area contributed by atoms with Gasteiger partial charge in [-0.1, -0.05) is 6.07 Å². The summed E-state index contributed by atoms with van der Waals surface area (Å²) in [7, 11) is 0. The Kier molecular flexibility index (Phi) is 3.99. The molecule has 0 aliphatic rings. The summed E-state index contributed by atoms with van der Waals surface area (Å²) in [4.78, 5) is 27.9. The van der Waals surface area contributed by atoms with Crippen LogP contribution in [0.4, 0.5) is 11.4 Å². The highest BCUT2D eigenvalue weighted by Gasteiger charge is 2.12. The molecular formula is C17H17N5O2. The number of nitrogens with one attached hydrogen (secondary N) is 2. The number of carbonyl (C=O) groups excluding carboxylic acids is 2. The Morgan fingerprint density at radius 2 is 1.75 bits per heavy atom. The summed E-state index contributed by atoms with van der Waals surface area (Å²) in [6.45, 7) is 5.18. The number of hydrogen-bond donors (Lipinski definition) is 2. The van der Waals surface area contributed by atoms with Gasteiger partial charge in [-0.15, -0.1) is 0 Å². The fourth-order valence-corrected chi connectivity index (χ4v) is 2.43. The number of aromatic nitrogens is 3. The van der Waals surface area contributed by atoms with Gasteiger partial charge in [-0.3, -0.25) is 9.59 Å². The second-order valence-corrected chi connectivity index (χ2v) is 5.55. The second kappa shape index (κ2) is 6.11. The average molecular weight is 323 g/mol. The van der Waals surface area contributed by atoms with Gasteiger partial charge in [-0.2, -0.15) is 5.10 Å². The number of amides is 2. The fourth-order valence-electron chi connectivity index (χ4n) is 2.43. The minimum Gasteiger partial charge on any atom is -0.326 e. The van der Waals surface area contributed by atoms with Crippen molar-refractivity contribution in [3.8, 4) is 0 Å². The highest BCUT2D eigenvalue weighted by molar-refractivity contribution is 6.03. The summed E-state index contributed by atoms with van der Waals surface area (Å²) >= 11 is 0. The normalized spacial score (nSPS) is 10.6. The van der Waals surface area contributed by atoms with Crippen LogP contribution >= 0.6 is 0 Å². The first-order valence-corrected chi connectivity index (χ1v) is 7.45. The standard InChI is InChI=1S/C17H17N5O2/c1-10-7-16-20-15(8-11(2)22(16)21-10)17(24)19-14-6-4-5-13(9-14)18-12(3)23/h4-9H,1-3H3,(H,18,23)(H,19,24). The molecule has 2 heterocycles. The Bertz CT molecular complexity index is 945. The van der Waals surface area contributed by atoms with Crippen molar-refractivity contribution in [2.75, 3.05) is 10.6 Å². The van der Waals surface area contributed by atoms with Crippen molar-refractivity contribution in [3.63, 3.8) is 0 Å². The van der Waals surface area contributed by atoms with Crippen LogP contribution in [0.5, 0.6) is 0 Å². The molecule has 0 atom stereocenters. The lowest BCUT2D eigenvalue weighted by Gasteiger charge is -2.08. The molecule has 7 heteroatoms. The van der Waals surface area contributed by atoms with E-state index in [2.05, 4.69) is 20.7 Å². The van der Waals surface area contributed by atoms with Gasteiger partial charge >= 0.3 is 0 Å². The number of benzene rings is 1. The number of nitrogens with zero attached hydrogens (tertiary/aromatic N) is 3. The quantitative estimate of drug-likeness (QED) is 0.775. The topological polar surface area (TPSA) is 88.4 Å². The molecule has 2 amide bonds. The van der Waals surface area contributed by atoms with Gasteiger partial charge in [0.1, 0.15) is 5.69 Å². The van der Waals surface area contributed by atoms with Crippen molar-refractivity contribution in [1.29, 1.82) is 0 Å². The van der Waals surface area contributed by atoms with Crippen LogP contribution in [0.25, 0.3) is 5.65 Å². The Labute approximate surface area is 138 Å². The molecule has 2 N–H and O–H groups in total. The van der Waals surface area contributed by atoms with E-state index >= 15 is 0 Å². The molecule has 0 spiro atoms. The molecule has 3 rings (SSSR count). The molecule has 0 radical (unpaired) electrons. The Hall–Kier alpha value is -3.22. The zero-order valence-corrected chi connectivity index (χ0v) is 13.6. The monoisotopic (exact) mass is 323 g/mol. The third-order valence-electron chi connectivity index (χ3n) is 3.40. The zero-order valence-electron chi connectivity index (χ0n) is 13.6. The SMILES string of the molecule is CC(=O)Nc1cccc(NC(=O)c2cc(C)n3nc(C)cc3n2)c1. The Morgan fingerprint density at radius 3 is 2.46 bits per heavy atom. The van der Waals surface area contributed by atoms with E-state index in [4.69, 9.17) is 0 Å². The lowest BCUT2D eigenvalue weighted by atomic mass is 10.2. The summed E-state index contributed by atoms with van der Waals surface area (Å²) in [6.07, 6.45) is 0. The smallest absolute Gasteiger partial charge is 0.274 e. The van der Waals surface area contributed by atoms with Gasteiger partial charge in [0.15, 0.2) is 5.65 Å². The van der Waals surface area contributed by atoms with Crippen LogP contribution in [-0.2, 0) is 4.79 Å². The minimum atomic E-state index is -0.320. The van der Waals surface area contributed by atoms with E-state index in [1.807, 2.05) is 19.9 Å². The second-order valence-electron chi connectivity index (χ2n) is 5.55. The average Bonchev–Trinajstić information content (AvgIpc) is 2.88. The lowest BCUT2D eigenvalue weighted by Crippen LogP contribution is -2.15. The Balaban J connectivity index is 1.86. The van der Waals surface area contributed by atoms with Crippen molar-refractivity contribution in [3.05, 3.63) is 53.5 Å². The first-order chi connectivity index (χ1) is 11.4. The van der Waals surface area contributed by atoms with Crippen molar-refractivity contribution in [2.24, 2.45) is 0 Å². The Morgan fingerprint density at radius 1 is 1.04 bits per heavy atom. The van der Waals surface area contributed by atoms with E-state index in [0.717, 1.165) is 11.4 Å². The van der Waals surface area contributed by atoms with E-state index in [1.165, 1.54) is 6.92 Å². The van der Waals surface area contributed by atoms with Crippen LogP contribution in [0.1, 0.15) is 28.8 Å². The van der Waals surface area contributed by atoms with Gasteiger partial charge in [0.25, 0.3) is 5.91 Å². The number of fused-ring (bicyclic) bond motifs is 1. The van der Waals surface area contributed by atoms with Gasteiger partial charge in [0.2, 0.25) is 5.91 Å². The number of aryl methyl sites for hydroxylation is 2. The number of anilines is 2. The third-order valence-corrected chi connectivity index (χ3v) is 3.40. The van der Waals surface area contributed by atoms with Crippen LogP contribution in [-0.4, -0.2) is 26.4 Å². The summed E-state index contributed by atoms with van der Waals surface area (Å²) in [6, 6.07) is 10.4. The molecule has 0 saturated heterocycles. The van der Waals surface area contributed by atoms with Gasteiger partial charge in [0, 0.05) is 30.1 Å². The molecule has 3 aromatic rings. The van der Waals surface area contributed by atoms with Crippen LogP contribution in [0.15, 0.2) is 36.4 Å². The lowest BCUT2D eigenvalue weighted by molar-refractivity contribution is -0.114. The van der Waals surface area contributed by atoms with Crippen LogP contribution in [0.2, 0.25) is 0 Å². The van der Waals surface area contributed by atoms with Gasteiger partial charge in [0.05, 0.1) is 5.69 Å². The highest BCUT2D eigenvalue weighted by atomic mass is 16.2. The summed E-state index contributed by atoms with van der Waals surface area (Å²) in [5, 5.41) is 9.78. The predicted molar refractivity (Wildman–Crippen MR) is 91.2 cm³/mol. The van der Waals surface area contributed by atoms with Crippen LogP contribution in [0.3, 0.4) is 0 Å². The molecule has 0 aliphatic heterocycles. The summed E-state index contributed by atoms with van der Waals surface area (Å²) in [5.74, 6) is -0.489. The molecule has 24 heavy (non-hydrogen) atoms. The van der Waals surface area contributed by atoms with Crippen molar-refractivity contribution in [2.45, 2.75) is 20.8 Å². The van der Waals surface area contributed by atoms with Crippen LogP contribution < -0.4 is 10.6 Å². The minimum absolute atomic E-state index is 0.169. The first kappa shape index (κ1) is 15.7. The van der Waals surface area contributed by atoms with Gasteiger partial charge in [-0.05, 0) is 38.1 Å². The van der Waals surface area contributed by atoms with Crippen molar-refractivity contribution < 1.29 is 9.59 Å². The zero-order chi connectivity index (χ0) is 17.3. The molecule has 2 aromatic heterocycles. The summed E-state index contributed by atoms with van der Waals surface area (Å²) in [5.41, 5.74) is 3.80. The maximum atomic E-state index is 12.5.